The zero-order valence-corrected chi connectivity index (χ0v) is 16.6. The van der Waals surface area contributed by atoms with Crippen LogP contribution >= 0.6 is 0 Å². The van der Waals surface area contributed by atoms with E-state index in [0.717, 1.165) is 23.9 Å². The number of ether oxygens (including phenoxy) is 2. The van der Waals surface area contributed by atoms with E-state index in [2.05, 4.69) is 20.2 Å². The minimum Gasteiger partial charge on any atom is -0.493 e. The molecule has 0 aliphatic rings. The van der Waals surface area contributed by atoms with Crippen LogP contribution in [0.4, 0.5) is 0 Å². The van der Waals surface area contributed by atoms with Crippen molar-refractivity contribution in [2.75, 3.05) is 34.3 Å². The molecule has 148 valence electrons. The van der Waals surface area contributed by atoms with Gasteiger partial charge in [0.2, 0.25) is 0 Å². The number of carbonyl (C=O) groups is 1. The largest absolute Gasteiger partial charge is 0.493 e. The number of hydrogen-bond donors (Lipinski definition) is 3. The number of aliphatic imine (C=N–C) groups is 1. The second-order valence-corrected chi connectivity index (χ2v) is 6.79. The minimum absolute atomic E-state index is 0.0100. The normalized spacial score (nSPS) is 12.0. The number of guanidine groups is 1. The van der Waals surface area contributed by atoms with Gasteiger partial charge in [0.25, 0.3) is 5.91 Å². The van der Waals surface area contributed by atoms with Crippen molar-refractivity contribution < 1.29 is 14.3 Å². The van der Waals surface area contributed by atoms with E-state index in [4.69, 9.17) is 15.2 Å². The zero-order chi connectivity index (χ0) is 20.0. The third kappa shape index (κ3) is 5.89. The summed E-state index contributed by atoms with van der Waals surface area (Å²) in [7, 11) is 5.66. The van der Waals surface area contributed by atoms with Crippen molar-refractivity contribution >= 4 is 22.8 Å². The molecule has 0 aliphatic heterocycles. The third-order valence-electron chi connectivity index (χ3n) is 3.76. The number of H-pyrrole nitrogens is 1. The topological polar surface area (TPSA) is 105 Å². The standard InChI is InChI=1S/C19H29N5O3/c1-12(2)27-17-10-13(26-8-6-7-24(4)5)9-15-14(17)11-16(22-15)18(25)23-19(20)21-3/h9-12,22H,6-8H2,1-5H3,(H3,20,21,23,25). The number of carbonyl (C=O) groups excluding carboxylic acids is 1. The molecule has 1 aromatic carbocycles. The number of nitrogens with two attached hydrogens (primary N) is 1. The van der Waals surface area contributed by atoms with E-state index in [1.807, 2.05) is 40.1 Å². The molecule has 0 saturated carbocycles. The molecule has 0 saturated heterocycles. The molecule has 1 heterocycles. The Balaban J connectivity index is 2.31. The summed E-state index contributed by atoms with van der Waals surface area (Å²) in [6.07, 6.45) is 0.905. The van der Waals surface area contributed by atoms with Crippen molar-refractivity contribution in [2.45, 2.75) is 26.4 Å². The predicted octanol–water partition coefficient (Wildman–Crippen LogP) is 1.96. The Morgan fingerprint density at radius 2 is 2.07 bits per heavy atom. The van der Waals surface area contributed by atoms with E-state index in [-0.39, 0.29) is 12.1 Å². The van der Waals surface area contributed by atoms with E-state index < -0.39 is 5.91 Å². The smallest absolute Gasteiger partial charge is 0.296 e. The summed E-state index contributed by atoms with van der Waals surface area (Å²) in [5.74, 6) is 0.950. The van der Waals surface area contributed by atoms with Gasteiger partial charge in [0.1, 0.15) is 17.2 Å². The van der Waals surface area contributed by atoms with Crippen LogP contribution in [-0.2, 0) is 0 Å². The molecule has 0 radical (unpaired) electrons. The first-order valence-electron chi connectivity index (χ1n) is 8.97. The molecule has 1 amide bonds. The maximum atomic E-state index is 12.3. The highest BCUT2D eigenvalue weighted by atomic mass is 16.5. The molecule has 1 aromatic heterocycles. The van der Waals surface area contributed by atoms with Crippen LogP contribution in [0.5, 0.6) is 11.5 Å². The predicted molar refractivity (Wildman–Crippen MR) is 108 cm³/mol. The quantitative estimate of drug-likeness (QED) is 0.370. The molecule has 0 fully saturated rings. The summed E-state index contributed by atoms with van der Waals surface area (Å²) < 4.78 is 11.8. The summed E-state index contributed by atoms with van der Waals surface area (Å²) in [5.41, 5.74) is 6.65. The van der Waals surface area contributed by atoms with Crippen molar-refractivity contribution in [3.05, 3.63) is 23.9 Å². The maximum Gasteiger partial charge on any atom is 0.296 e. The lowest BCUT2D eigenvalue weighted by Crippen LogP contribution is -2.28. The number of rotatable bonds is 8. The summed E-state index contributed by atoms with van der Waals surface area (Å²) in [4.78, 5) is 21.2. The Kier molecular flexibility index (Phi) is 7.06. The van der Waals surface area contributed by atoms with Gasteiger partial charge in [0, 0.05) is 31.1 Å². The molecule has 0 unspecified atom stereocenters. The van der Waals surface area contributed by atoms with E-state index in [1.54, 1.807) is 13.1 Å². The lowest BCUT2D eigenvalue weighted by atomic mass is 10.2. The Bertz CT molecular complexity index is 811. The van der Waals surface area contributed by atoms with Crippen LogP contribution in [0.15, 0.2) is 23.2 Å². The lowest BCUT2D eigenvalue weighted by molar-refractivity contribution is 0.0998. The molecule has 0 aliphatic carbocycles. The van der Waals surface area contributed by atoms with Crippen LogP contribution < -0.4 is 20.5 Å². The number of hydrogen-bond acceptors (Lipinski definition) is 4. The van der Waals surface area contributed by atoms with Gasteiger partial charge in [0.05, 0.1) is 18.2 Å². The first-order valence-corrected chi connectivity index (χ1v) is 8.97. The number of amides is 1. The highest BCUT2D eigenvalue weighted by Gasteiger charge is 2.15. The van der Waals surface area contributed by atoms with E-state index >= 15 is 0 Å². The third-order valence-corrected chi connectivity index (χ3v) is 3.76. The van der Waals surface area contributed by atoms with Crippen molar-refractivity contribution in [2.24, 2.45) is 10.7 Å². The minimum atomic E-state index is -0.456. The summed E-state index contributed by atoms with van der Waals surface area (Å²) >= 11 is 0. The number of aromatic amines is 1. The molecule has 0 bridgehead atoms. The van der Waals surface area contributed by atoms with Gasteiger partial charge in [-0.3, -0.25) is 4.79 Å². The van der Waals surface area contributed by atoms with Gasteiger partial charge < -0.3 is 30.4 Å². The van der Waals surface area contributed by atoms with Gasteiger partial charge >= 0.3 is 0 Å². The SMILES string of the molecule is CNC(N)=NC(=O)c1cc2c(OC(C)C)cc(OCCCN(C)C)cc2[nH]1. The van der Waals surface area contributed by atoms with Crippen LogP contribution in [0, 0.1) is 0 Å². The number of aromatic nitrogens is 1. The monoisotopic (exact) mass is 375 g/mol. The van der Waals surface area contributed by atoms with Gasteiger partial charge in [-0.2, -0.15) is 4.99 Å². The molecule has 8 heteroatoms. The molecule has 4 N–H and O–H groups in total. The summed E-state index contributed by atoms with van der Waals surface area (Å²) in [6, 6.07) is 5.43. The average molecular weight is 375 g/mol. The Morgan fingerprint density at radius 3 is 2.70 bits per heavy atom. The molecule has 2 aromatic rings. The molecule has 2 rings (SSSR count). The highest BCUT2D eigenvalue weighted by molar-refractivity contribution is 6.04. The average Bonchev–Trinajstić information content (AvgIpc) is 3.02. The van der Waals surface area contributed by atoms with E-state index in [0.29, 0.717) is 23.8 Å². The summed E-state index contributed by atoms with van der Waals surface area (Å²) in [6.45, 7) is 5.45. The molecule has 8 nitrogen and oxygen atoms in total. The number of nitrogens with zero attached hydrogens (tertiary/aromatic N) is 2. The number of nitrogens with one attached hydrogen (secondary N) is 2. The van der Waals surface area contributed by atoms with Gasteiger partial charge in [-0.25, -0.2) is 0 Å². The highest BCUT2D eigenvalue weighted by Crippen LogP contribution is 2.33. The van der Waals surface area contributed by atoms with Crippen molar-refractivity contribution in [3.8, 4) is 11.5 Å². The molecule has 0 spiro atoms. The fourth-order valence-electron chi connectivity index (χ4n) is 2.53. The van der Waals surface area contributed by atoms with Gasteiger partial charge in [-0.05, 0) is 40.4 Å². The fraction of sp³-hybridized carbons (Fsp3) is 0.474. The maximum absolute atomic E-state index is 12.3. The molecule has 27 heavy (non-hydrogen) atoms. The second-order valence-electron chi connectivity index (χ2n) is 6.79. The Labute approximate surface area is 159 Å². The molecular formula is C19H29N5O3. The summed E-state index contributed by atoms with van der Waals surface area (Å²) in [5, 5.41) is 3.42. The van der Waals surface area contributed by atoms with Gasteiger partial charge in [-0.15, -0.1) is 0 Å². The van der Waals surface area contributed by atoms with Crippen molar-refractivity contribution in [1.82, 2.24) is 15.2 Å². The van der Waals surface area contributed by atoms with E-state index in [1.165, 1.54) is 0 Å². The van der Waals surface area contributed by atoms with Crippen LogP contribution in [0.3, 0.4) is 0 Å². The zero-order valence-electron chi connectivity index (χ0n) is 16.6. The van der Waals surface area contributed by atoms with Gasteiger partial charge in [0.15, 0.2) is 5.96 Å². The Hall–Kier alpha value is -2.74. The Morgan fingerprint density at radius 1 is 1.33 bits per heavy atom. The van der Waals surface area contributed by atoms with Crippen LogP contribution in [0.2, 0.25) is 0 Å². The van der Waals surface area contributed by atoms with Crippen LogP contribution in [0.25, 0.3) is 10.9 Å². The second kappa shape index (κ2) is 9.27. The van der Waals surface area contributed by atoms with Gasteiger partial charge in [-0.1, -0.05) is 0 Å². The lowest BCUT2D eigenvalue weighted by Gasteiger charge is -2.14. The van der Waals surface area contributed by atoms with E-state index in [9.17, 15) is 4.79 Å². The number of fused-ring (bicyclic) bond motifs is 1. The van der Waals surface area contributed by atoms with Crippen LogP contribution in [-0.4, -0.2) is 62.1 Å². The number of benzene rings is 1. The molecular weight excluding hydrogens is 346 g/mol. The van der Waals surface area contributed by atoms with Crippen LogP contribution in [0.1, 0.15) is 30.8 Å². The first-order chi connectivity index (χ1) is 12.8. The first kappa shape index (κ1) is 20.6. The van der Waals surface area contributed by atoms with Crippen molar-refractivity contribution in [1.29, 1.82) is 0 Å². The molecule has 0 atom stereocenters. The fourth-order valence-corrected chi connectivity index (χ4v) is 2.53. The van der Waals surface area contributed by atoms with Crippen molar-refractivity contribution in [3.63, 3.8) is 0 Å².